The van der Waals surface area contributed by atoms with Crippen molar-refractivity contribution in [3.05, 3.63) is 29.8 Å². The fourth-order valence-electron chi connectivity index (χ4n) is 2.08. The minimum absolute atomic E-state index is 0.243. The molecule has 2 rings (SSSR count). The summed E-state index contributed by atoms with van der Waals surface area (Å²) in [4.78, 5) is 24.2. The normalized spacial score (nSPS) is 16.0. The molecule has 0 unspecified atom stereocenters. The molecule has 2 N–H and O–H groups in total. The maximum absolute atomic E-state index is 12.5. The van der Waals surface area contributed by atoms with Gasteiger partial charge in [0.25, 0.3) is 0 Å². The van der Waals surface area contributed by atoms with Crippen molar-refractivity contribution < 1.29 is 22.8 Å². The van der Waals surface area contributed by atoms with Crippen molar-refractivity contribution in [3.8, 4) is 0 Å². The number of nitrogens with one attached hydrogen (secondary N) is 2. The van der Waals surface area contributed by atoms with E-state index in [-0.39, 0.29) is 11.6 Å². The highest BCUT2D eigenvalue weighted by molar-refractivity contribution is 6.13. The molecule has 120 valence electrons. The second-order valence-electron chi connectivity index (χ2n) is 5.37. The van der Waals surface area contributed by atoms with Crippen LogP contribution in [-0.4, -0.2) is 18.4 Å². The number of hydrogen-bond donors (Lipinski definition) is 2. The van der Waals surface area contributed by atoms with Gasteiger partial charge in [-0.3, -0.25) is 9.59 Å². The van der Waals surface area contributed by atoms with Crippen LogP contribution in [0.1, 0.15) is 31.7 Å². The van der Waals surface area contributed by atoms with E-state index in [4.69, 9.17) is 0 Å². The van der Waals surface area contributed by atoms with Crippen molar-refractivity contribution in [1.82, 2.24) is 5.32 Å². The number of halogens is 3. The number of rotatable bonds is 5. The van der Waals surface area contributed by atoms with Gasteiger partial charge in [0.15, 0.2) is 0 Å². The fourth-order valence-corrected chi connectivity index (χ4v) is 2.08. The van der Waals surface area contributed by atoms with Crippen molar-refractivity contribution in [2.75, 3.05) is 11.9 Å². The molecular formula is C15H17F3N2O2. The summed E-state index contributed by atoms with van der Waals surface area (Å²) in [5.74, 6) is -0.792. The highest BCUT2D eigenvalue weighted by atomic mass is 19.4. The van der Waals surface area contributed by atoms with Gasteiger partial charge in [-0.15, -0.1) is 0 Å². The van der Waals surface area contributed by atoms with Crippen LogP contribution in [0.15, 0.2) is 24.3 Å². The Morgan fingerprint density at radius 1 is 1.14 bits per heavy atom. The average Bonchev–Trinajstić information content (AvgIpc) is 3.26. The SMILES string of the molecule is CCCNC(=O)C1(C(=O)Nc2ccc(C(F)(F)F)cc2)CC1. The molecule has 0 bridgehead atoms. The molecule has 0 radical (unpaired) electrons. The summed E-state index contributed by atoms with van der Waals surface area (Å²) < 4.78 is 37.4. The van der Waals surface area contributed by atoms with Gasteiger partial charge in [0.05, 0.1) is 5.56 Å². The maximum atomic E-state index is 12.5. The zero-order valence-electron chi connectivity index (χ0n) is 12.1. The summed E-state index contributed by atoms with van der Waals surface area (Å²) in [5.41, 5.74) is -1.61. The van der Waals surface area contributed by atoms with Gasteiger partial charge in [0, 0.05) is 12.2 Å². The molecule has 4 nitrogen and oxygen atoms in total. The largest absolute Gasteiger partial charge is 0.416 e. The van der Waals surface area contributed by atoms with Gasteiger partial charge in [0.1, 0.15) is 5.41 Å². The molecule has 0 aromatic heterocycles. The van der Waals surface area contributed by atoms with E-state index in [2.05, 4.69) is 10.6 Å². The molecule has 1 aliphatic carbocycles. The lowest BCUT2D eigenvalue weighted by molar-refractivity contribution is -0.137. The topological polar surface area (TPSA) is 58.2 Å². The summed E-state index contributed by atoms with van der Waals surface area (Å²) in [7, 11) is 0. The van der Waals surface area contributed by atoms with Gasteiger partial charge in [-0.1, -0.05) is 6.92 Å². The van der Waals surface area contributed by atoms with Gasteiger partial charge in [-0.2, -0.15) is 13.2 Å². The van der Waals surface area contributed by atoms with E-state index in [1.54, 1.807) is 0 Å². The predicted molar refractivity (Wildman–Crippen MR) is 75.0 cm³/mol. The van der Waals surface area contributed by atoms with E-state index in [9.17, 15) is 22.8 Å². The molecule has 0 atom stereocenters. The van der Waals surface area contributed by atoms with Crippen LogP contribution in [-0.2, 0) is 15.8 Å². The lowest BCUT2D eigenvalue weighted by Gasteiger charge is -2.15. The van der Waals surface area contributed by atoms with Gasteiger partial charge in [0.2, 0.25) is 11.8 Å². The number of amides is 2. The molecule has 1 fully saturated rings. The quantitative estimate of drug-likeness (QED) is 0.821. The van der Waals surface area contributed by atoms with Crippen LogP contribution in [0.5, 0.6) is 0 Å². The maximum Gasteiger partial charge on any atom is 0.416 e. The number of carbonyl (C=O) groups excluding carboxylic acids is 2. The van der Waals surface area contributed by atoms with E-state index in [1.807, 2.05) is 6.92 Å². The van der Waals surface area contributed by atoms with Crippen molar-refractivity contribution in [3.63, 3.8) is 0 Å². The van der Waals surface area contributed by atoms with Crippen LogP contribution in [0.2, 0.25) is 0 Å². The Hall–Kier alpha value is -2.05. The monoisotopic (exact) mass is 314 g/mol. The van der Waals surface area contributed by atoms with Crippen molar-refractivity contribution in [2.24, 2.45) is 5.41 Å². The van der Waals surface area contributed by atoms with E-state index < -0.39 is 23.1 Å². The van der Waals surface area contributed by atoms with E-state index in [1.165, 1.54) is 12.1 Å². The molecule has 1 aliphatic rings. The molecule has 0 aliphatic heterocycles. The molecule has 22 heavy (non-hydrogen) atoms. The minimum Gasteiger partial charge on any atom is -0.355 e. The Morgan fingerprint density at radius 3 is 2.18 bits per heavy atom. The zero-order chi connectivity index (χ0) is 16.4. The van der Waals surface area contributed by atoms with Crippen molar-refractivity contribution in [2.45, 2.75) is 32.4 Å². The van der Waals surface area contributed by atoms with E-state index in [0.717, 1.165) is 18.6 Å². The van der Waals surface area contributed by atoms with Gasteiger partial charge >= 0.3 is 6.18 Å². The number of hydrogen-bond acceptors (Lipinski definition) is 2. The summed E-state index contributed by atoms with van der Waals surface area (Å²) in [6.07, 6.45) is -2.74. The van der Waals surface area contributed by atoms with E-state index >= 15 is 0 Å². The molecular weight excluding hydrogens is 297 g/mol. The number of carbonyl (C=O) groups is 2. The van der Waals surface area contributed by atoms with Gasteiger partial charge < -0.3 is 10.6 Å². The van der Waals surface area contributed by atoms with Crippen LogP contribution < -0.4 is 10.6 Å². The summed E-state index contributed by atoms with van der Waals surface area (Å²) in [5, 5.41) is 5.20. The van der Waals surface area contributed by atoms with Crippen LogP contribution in [0, 0.1) is 5.41 Å². The first-order valence-electron chi connectivity index (χ1n) is 7.06. The minimum atomic E-state index is -4.42. The molecule has 2 amide bonds. The second-order valence-corrected chi connectivity index (χ2v) is 5.37. The first-order valence-corrected chi connectivity index (χ1v) is 7.06. The third kappa shape index (κ3) is 3.40. The van der Waals surface area contributed by atoms with Crippen molar-refractivity contribution >= 4 is 17.5 Å². The first kappa shape index (κ1) is 16.3. The molecule has 1 aromatic rings. The average molecular weight is 314 g/mol. The third-order valence-electron chi connectivity index (χ3n) is 3.62. The second kappa shape index (κ2) is 5.98. The molecule has 0 heterocycles. The Kier molecular flexibility index (Phi) is 4.44. The van der Waals surface area contributed by atoms with Crippen LogP contribution in [0.25, 0.3) is 0 Å². The highest BCUT2D eigenvalue weighted by Gasteiger charge is 2.56. The number of benzene rings is 1. The lowest BCUT2D eigenvalue weighted by Crippen LogP contribution is -2.40. The highest BCUT2D eigenvalue weighted by Crippen LogP contribution is 2.46. The Morgan fingerprint density at radius 2 is 1.73 bits per heavy atom. The van der Waals surface area contributed by atoms with Gasteiger partial charge in [-0.25, -0.2) is 0 Å². The first-order chi connectivity index (χ1) is 10.3. The molecule has 1 saturated carbocycles. The fraction of sp³-hybridized carbons (Fsp3) is 0.467. The van der Waals surface area contributed by atoms with E-state index in [0.29, 0.717) is 19.4 Å². The zero-order valence-corrected chi connectivity index (χ0v) is 12.1. The van der Waals surface area contributed by atoms with Crippen LogP contribution in [0.4, 0.5) is 18.9 Å². The molecule has 0 spiro atoms. The van der Waals surface area contributed by atoms with Crippen LogP contribution >= 0.6 is 0 Å². The van der Waals surface area contributed by atoms with Gasteiger partial charge in [-0.05, 0) is 43.5 Å². The lowest BCUT2D eigenvalue weighted by atomic mass is 10.0. The Balaban J connectivity index is 2.02. The standard InChI is InChI=1S/C15H17F3N2O2/c1-2-9-19-12(21)14(7-8-14)13(22)20-11-5-3-10(4-6-11)15(16,17)18/h3-6H,2,7-9H2,1H3,(H,19,21)(H,20,22). The summed E-state index contributed by atoms with van der Waals surface area (Å²) >= 11 is 0. The Bertz CT molecular complexity index is 563. The Labute approximate surface area is 126 Å². The summed E-state index contributed by atoms with van der Waals surface area (Å²) in [6.45, 7) is 2.40. The smallest absolute Gasteiger partial charge is 0.355 e. The molecule has 1 aromatic carbocycles. The van der Waals surface area contributed by atoms with Crippen molar-refractivity contribution in [1.29, 1.82) is 0 Å². The van der Waals surface area contributed by atoms with Crippen LogP contribution in [0.3, 0.4) is 0 Å². The molecule has 7 heteroatoms. The molecule has 0 saturated heterocycles. The third-order valence-corrected chi connectivity index (χ3v) is 3.62. The summed E-state index contributed by atoms with van der Waals surface area (Å²) in [6, 6.07) is 4.15. The number of anilines is 1. The predicted octanol–water partition coefficient (Wildman–Crippen LogP) is 2.95. The number of alkyl halides is 3.